The minimum Gasteiger partial charge on any atom is -0.467 e. The van der Waals surface area contributed by atoms with Gasteiger partial charge in [0.05, 0.1) is 7.11 Å². The summed E-state index contributed by atoms with van der Waals surface area (Å²) in [6.07, 6.45) is 0. The molecule has 0 atom stereocenters. The van der Waals surface area contributed by atoms with E-state index in [2.05, 4.69) is 10.1 Å². The number of hydrogen-bond donors (Lipinski definition) is 1. The molecule has 0 aliphatic carbocycles. The van der Waals surface area contributed by atoms with Crippen molar-refractivity contribution in [3.8, 4) is 6.01 Å². The van der Waals surface area contributed by atoms with Crippen LogP contribution in [0.15, 0.2) is 0 Å². The van der Waals surface area contributed by atoms with Crippen molar-refractivity contribution < 1.29 is 4.74 Å². The first-order valence-corrected chi connectivity index (χ1v) is 4.73. The molecule has 0 amide bonds. The second-order valence-corrected chi connectivity index (χ2v) is 3.55. The van der Waals surface area contributed by atoms with Crippen LogP contribution in [-0.2, 0) is 7.05 Å². The molecular weight excluding hydrogens is 214 g/mol. The van der Waals surface area contributed by atoms with E-state index in [-0.39, 0.29) is 0 Å². The number of aromatic nitrogens is 4. The van der Waals surface area contributed by atoms with Gasteiger partial charge in [0.15, 0.2) is 0 Å². The van der Waals surface area contributed by atoms with E-state index >= 15 is 0 Å². The Morgan fingerprint density at radius 3 is 2.73 bits per heavy atom. The third kappa shape index (κ3) is 1.27. The highest BCUT2D eigenvalue weighted by Gasteiger charge is 2.13. The van der Waals surface area contributed by atoms with E-state index in [0.29, 0.717) is 16.6 Å². The van der Waals surface area contributed by atoms with Crippen LogP contribution in [-0.4, -0.2) is 26.3 Å². The molecule has 0 aliphatic rings. The Kier molecular flexibility index (Phi) is 2.11. The van der Waals surface area contributed by atoms with Crippen molar-refractivity contribution in [2.45, 2.75) is 6.92 Å². The molecule has 2 aromatic rings. The van der Waals surface area contributed by atoms with Gasteiger partial charge >= 0.3 is 6.01 Å². The maximum absolute atomic E-state index is 5.73. The number of nitrogen functional groups attached to an aromatic ring is 1. The van der Waals surface area contributed by atoms with Crippen molar-refractivity contribution in [2.24, 2.45) is 7.05 Å². The molecule has 0 bridgehead atoms. The zero-order chi connectivity index (χ0) is 11.2. The zero-order valence-electron chi connectivity index (χ0n) is 8.68. The second kappa shape index (κ2) is 3.20. The van der Waals surface area contributed by atoms with Crippen LogP contribution in [0.25, 0.3) is 5.65 Å². The van der Waals surface area contributed by atoms with Crippen molar-refractivity contribution >= 4 is 23.7 Å². The minimum absolute atomic E-state index is 0.326. The largest absolute Gasteiger partial charge is 0.467 e. The van der Waals surface area contributed by atoms with Gasteiger partial charge in [0.2, 0.25) is 4.77 Å². The third-order valence-electron chi connectivity index (χ3n) is 2.29. The SMILES string of the molecule is COc1nn2c(=S)nc(N)c(C)c2n1C. The van der Waals surface area contributed by atoms with Crippen molar-refractivity contribution in [2.75, 3.05) is 12.8 Å². The smallest absolute Gasteiger partial charge is 0.315 e. The summed E-state index contributed by atoms with van der Waals surface area (Å²) < 4.78 is 8.74. The Labute approximate surface area is 91.3 Å². The zero-order valence-corrected chi connectivity index (χ0v) is 9.50. The van der Waals surface area contributed by atoms with Gasteiger partial charge in [-0.3, -0.25) is 4.57 Å². The number of fused-ring (bicyclic) bond motifs is 1. The summed E-state index contributed by atoms with van der Waals surface area (Å²) >= 11 is 5.06. The van der Waals surface area contributed by atoms with Gasteiger partial charge in [0.25, 0.3) is 0 Å². The van der Waals surface area contributed by atoms with E-state index in [4.69, 9.17) is 22.7 Å². The average Bonchev–Trinajstić information content (AvgIpc) is 2.53. The van der Waals surface area contributed by atoms with Crippen LogP contribution in [0.2, 0.25) is 0 Å². The van der Waals surface area contributed by atoms with Crippen molar-refractivity contribution in [3.05, 3.63) is 10.3 Å². The summed E-state index contributed by atoms with van der Waals surface area (Å²) in [6.45, 7) is 1.87. The van der Waals surface area contributed by atoms with E-state index in [0.717, 1.165) is 11.2 Å². The van der Waals surface area contributed by atoms with Crippen LogP contribution in [0.3, 0.4) is 0 Å². The molecule has 7 heteroatoms. The summed E-state index contributed by atoms with van der Waals surface area (Å²) in [5, 5.41) is 4.17. The number of nitrogens with zero attached hydrogens (tertiary/aromatic N) is 4. The quantitative estimate of drug-likeness (QED) is 0.723. The minimum atomic E-state index is 0.326. The van der Waals surface area contributed by atoms with Crippen molar-refractivity contribution in [3.63, 3.8) is 0 Å². The molecule has 0 aliphatic heterocycles. The number of aryl methyl sites for hydroxylation is 2. The third-order valence-corrected chi connectivity index (χ3v) is 2.55. The number of nitrogens with two attached hydrogens (primary N) is 1. The standard InChI is InChI=1S/C8H11N5OS/c1-4-5(9)10-8(15)13-6(4)12(2)7(11-13)14-3/h1-3H3,(H2,9,10,15). The topological polar surface area (TPSA) is 70.4 Å². The van der Waals surface area contributed by atoms with E-state index in [1.807, 2.05) is 14.0 Å². The number of hydrogen-bond acceptors (Lipinski definition) is 5. The summed E-state index contributed by atoms with van der Waals surface area (Å²) in [4.78, 5) is 4.01. The lowest BCUT2D eigenvalue weighted by molar-refractivity contribution is 0.364. The van der Waals surface area contributed by atoms with Gasteiger partial charge in [-0.05, 0) is 19.1 Å². The van der Waals surface area contributed by atoms with Crippen LogP contribution < -0.4 is 10.5 Å². The molecule has 0 fully saturated rings. The lowest BCUT2D eigenvalue weighted by atomic mass is 10.3. The predicted molar refractivity (Wildman–Crippen MR) is 58.5 cm³/mol. The number of methoxy groups -OCH3 is 1. The van der Waals surface area contributed by atoms with Crippen LogP contribution in [0.5, 0.6) is 6.01 Å². The molecule has 15 heavy (non-hydrogen) atoms. The Morgan fingerprint density at radius 2 is 2.13 bits per heavy atom. The molecule has 2 heterocycles. The first-order valence-electron chi connectivity index (χ1n) is 4.32. The number of ether oxygens (including phenoxy) is 1. The van der Waals surface area contributed by atoms with Gasteiger partial charge in [-0.15, -0.1) is 5.10 Å². The average molecular weight is 225 g/mol. The Hall–Kier alpha value is -1.63. The maximum Gasteiger partial charge on any atom is 0.315 e. The highest BCUT2D eigenvalue weighted by atomic mass is 32.1. The van der Waals surface area contributed by atoms with Gasteiger partial charge in [0, 0.05) is 12.6 Å². The summed E-state index contributed by atoms with van der Waals surface area (Å²) in [5.41, 5.74) is 7.36. The Morgan fingerprint density at radius 1 is 1.47 bits per heavy atom. The highest BCUT2D eigenvalue weighted by molar-refractivity contribution is 7.71. The monoisotopic (exact) mass is 225 g/mol. The van der Waals surface area contributed by atoms with Crippen molar-refractivity contribution in [1.82, 2.24) is 19.2 Å². The lowest BCUT2D eigenvalue weighted by Gasteiger charge is -2.03. The van der Waals surface area contributed by atoms with Crippen LogP contribution in [0.1, 0.15) is 5.56 Å². The summed E-state index contributed by atoms with van der Waals surface area (Å²) in [6, 6.07) is 0.469. The van der Waals surface area contributed by atoms with Gasteiger partial charge in [-0.2, -0.15) is 4.52 Å². The van der Waals surface area contributed by atoms with Crippen LogP contribution in [0.4, 0.5) is 5.82 Å². The molecule has 2 N–H and O–H groups in total. The molecule has 0 radical (unpaired) electrons. The van der Waals surface area contributed by atoms with E-state index in [1.165, 1.54) is 0 Å². The Bertz CT molecular complexity index is 585. The highest BCUT2D eigenvalue weighted by Crippen LogP contribution is 2.19. The van der Waals surface area contributed by atoms with E-state index < -0.39 is 0 Å². The van der Waals surface area contributed by atoms with Gasteiger partial charge in [0.1, 0.15) is 11.5 Å². The van der Waals surface area contributed by atoms with E-state index in [1.54, 1.807) is 16.2 Å². The molecule has 0 aromatic carbocycles. The van der Waals surface area contributed by atoms with Gasteiger partial charge in [-0.25, -0.2) is 4.98 Å². The molecular formula is C8H11N5OS. The molecule has 2 rings (SSSR count). The molecule has 80 valence electrons. The molecule has 2 aromatic heterocycles. The number of anilines is 1. The van der Waals surface area contributed by atoms with Crippen LogP contribution >= 0.6 is 12.2 Å². The second-order valence-electron chi connectivity index (χ2n) is 3.19. The fraction of sp³-hybridized carbons (Fsp3) is 0.375. The molecule has 0 spiro atoms. The van der Waals surface area contributed by atoms with Crippen LogP contribution in [0, 0.1) is 11.7 Å². The van der Waals surface area contributed by atoms with E-state index in [9.17, 15) is 0 Å². The normalized spacial score (nSPS) is 10.9. The fourth-order valence-corrected chi connectivity index (χ4v) is 1.73. The first-order chi connectivity index (χ1) is 7.06. The summed E-state index contributed by atoms with van der Waals surface area (Å²) in [7, 11) is 3.39. The molecule has 0 saturated heterocycles. The molecule has 6 nitrogen and oxygen atoms in total. The van der Waals surface area contributed by atoms with Crippen molar-refractivity contribution in [1.29, 1.82) is 0 Å². The molecule has 0 saturated carbocycles. The lowest BCUT2D eigenvalue weighted by Crippen LogP contribution is -2.03. The fourth-order valence-electron chi connectivity index (χ4n) is 1.50. The Balaban J connectivity index is 3.01. The molecule has 0 unspecified atom stereocenters. The predicted octanol–water partition coefficient (Wildman–Crippen LogP) is 0.697. The summed E-state index contributed by atoms with van der Waals surface area (Å²) in [5.74, 6) is 0.422. The maximum atomic E-state index is 5.73. The number of rotatable bonds is 1. The first kappa shape index (κ1) is 9.91. The van der Waals surface area contributed by atoms with Gasteiger partial charge in [-0.1, -0.05) is 0 Å². The van der Waals surface area contributed by atoms with Gasteiger partial charge < -0.3 is 10.5 Å².